The minimum absolute atomic E-state index is 0.0298. The number of carbonyl (C=O) groups is 1. The van der Waals surface area contributed by atoms with Gasteiger partial charge < -0.3 is 5.32 Å². The second kappa shape index (κ2) is 5.87. The van der Waals surface area contributed by atoms with Crippen molar-refractivity contribution in [3.05, 3.63) is 35.4 Å². The maximum Gasteiger partial charge on any atom is 0.252 e. The van der Waals surface area contributed by atoms with Crippen molar-refractivity contribution >= 4 is 21.8 Å². The van der Waals surface area contributed by atoms with Crippen molar-refractivity contribution < 1.29 is 4.79 Å². The van der Waals surface area contributed by atoms with Crippen molar-refractivity contribution in [2.24, 2.45) is 0 Å². The van der Waals surface area contributed by atoms with Gasteiger partial charge in [-0.3, -0.25) is 4.79 Å². The average Bonchev–Trinajstić information content (AvgIpc) is 2.87. The predicted molar refractivity (Wildman–Crippen MR) is 78.3 cm³/mol. The molecule has 1 N–H and O–H groups in total. The van der Waals surface area contributed by atoms with Gasteiger partial charge in [-0.2, -0.15) is 0 Å². The first kappa shape index (κ1) is 13.6. The molecule has 0 atom stereocenters. The molecule has 0 aliphatic heterocycles. The molecule has 1 aliphatic carbocycles. The van der Waals surface area contributed by atoms with Crippen molar-refractivity contribution in [1.29, 1.82) is 0 Å². The third-order valence-electron chi connectivity index (χ3n) is 3.84. The second-order valence-electron chi connectivity index (χ2n) is 5.09. The summed E-state index contributed by atoms with van der Waals surface area (Å²) >= 11 is 3.56. The third-order valence-corrected chi connectivity index (χ3v) is 4.91. The highest BCUT2D eigenvalue weighted by Gasteiger charge is 2.34. The van der Waals surface area contributed by atoms with Gasteiger partial charge in [0.1, 0.15) is 0 Å². The van der Waals surface area contributed by atoms with Crippen LogP contribution in [-0.4, -0.2) is 16.8 Å². The van der Waals surface area contributed by atoms with Crippen LogP contribution in [0.1, 0.15) is 48.5 Å². The fourth-order valence-corrected chi connectivity index (χ4v) is 3.40. The third kappa shape index (κ3) is 2.77. The summed E-state index contributed by atoms with van der Waals surface area (Å²) < 4.78 is 0. The van der Waals surface area contributed by atoms with Gasteiger partial charge in [-0.15, -0.1) is 0 Å². The van der Waals surface area contributed by atoms with Gasteiger partial charge in [0.25, 0.3) is 5.91 Å². The fraction of sp³-hybridized carbons (Fsp3) is 0.533. The molecule has 0 heterocycles. The minimum atomic E-state index is -0.0298. The van der Waals surface area contributed by atoms with E-state index in [1.54, 1.807) is 0 Å². The Morgan fingerprint density at radius 1 is 1.33 bits per heavy atom. The highest BCUT2D eigenvalue weighted by atomic mass is 79.9. The van der Waals surface area contributed by atoms with E-state index in [2.05, 4.69) is 28.2 Å². The van der Waals surface area contributed by atoms with Crippen LogP contribution in [-0.2, 0) is 6.42 Å². The van der Waals surface area contributed by atoms with E-state index in [1.807, 2.05) is 24.3 Å². The maximum atomic E-state index is 12.4. The number of hydrogen-bond acceptors (Lipinski definition) is 1. The number of halogens is 1. The zero-order valence-corrected chi connectivity index (χ0v) is 12.4. The van der Waals surface area contributed by atoms with Gasteiger partial charge in [0, 0.05) is 10.9 Å². The summed E-state index contributed by atoms with van der Waals surface area (Å²) in [6, 6.07) is 7.88. The van der Waals surface area contributed by atoms with Gasteiger partial charge >= 0.3 is 0 Å². The van der Waals surface area contributed by atoms with Crippen LogP contribution in [0.25, 0.3) is 0 Å². The molecular weight excluding hydrogens is 290 g/mol. The fourth-order valence-electron chi connectivity index (χ4n) is 2.70. The average molecular weight is 310 g/mol. The molecule has 0 aromatic heterocycles. The molecule has 1 fully saturated rings. The van der Waals surface area contributed by atoms with Crippen LogP contribution in [0.2, 0.25) is 0 Å². The molecule has 3 heteroatoms. The highest BCUT2D eigenvalue weighted by molar-refractivity contribution is 9.09. The highest BCUT2D eigenvalue weighted by Crippen LogP contribution is 2.31. The van der Waals surface area contributed by atoms with E-state index in [0.29, 0.717) is 0 Å². The maximum absolute atomic E-state index is 12.4. The Morgan fingerprint density at radius 3 is 2.61 bits per heavy atom. The first-order valence-electron chi connectivity index (χ1n) is 6.67. The van der Waals surface area contributed by atoms with Crippen LogP contribution in [0.4, 0.5) is 0 Å². The van der Waals surface area contributed by atoms with Crippen molar-refractivity contribution in [2.75, 3.05) is 5.33 Å². The number of carbonyl (C=O) groups excluding carboxylic acids is 1. The lowest BCUT2D eigenvalue weighted by Crippen LogP contribution is -2.48. The molecule has 1 amide bonds. The van der Waals surface area contributed by atoms with E-state index >= 15 is 0 Å². The van der Waals surface area contributed by atoms with Gasteiger partial charge in [-0.1, -0.05) is 53.9 Å². The summed E-state index contributed by atoms with van der Waals surface area (Å²) in [5, 5.41) is 4.09. The van der Waals surface area contributed by atoms with E-state index in [1.165, 1.54) is 12.8 Å². The van der Waals surface area contributed by atoms with E-state index in [0.717, 1.165) is 35.7 Å². The Morgan fingerprint density at radius 2 is 2.00 bits per heavy atom. The molecule has 1 aliphatic rings. The number of alkyl halides is 1. The number of benzene rings is 1. The van der Waals surface area contributed by atoms with Crippen LogP contribution in [0.15, 0.2) is 24.3 Å². The first-order chi connectivity index (χ1) is 8.71. The first-order valence-corrected chi connectivity index (χ1v) is 7.79. The van der Waals surface area contributed by atoms with Crippen LogP contribution in [0.5, 0.6) is 0 Å². The van der Waals surface area contributed by atoms with Crippen LogP contribution < -0.4 is 5.32 Å². The predicted octanol–water partition coefficient (Wildman–Crippen LogP) is 3.69. The van der Waals surface area contributed by atoms with Gasteiger partial charge in [0.15, 0.2) is 0 Å². The summed E-state index contributed by atoms with van der Waals surface area (Å²) in [6.45, 7) is 2.09. The molecule has 0 spiro atoms. The summed E-state index contributed by atoms with van der Waals surface area (Å²) in [7, 11) is 0. The lowest BCUT2D eigenvalue weighted by Gasteiger charge is -2.28. The second-order valence-corrected chi connectivity index (χ2v) is 5.65. The molecule has 0 saturated heterocycles. The van der Waals surface area contributed by atoms with Gasteiger partial charge in [-0.05, 0) is 30.9 Å². The van der Waals surface area contributed by atoms with E-state index in [9.17, 15) is 4.79 Å². The molecule has 0 unspecified atom stereocenters. The number of nitrogens with one attached hydrogen (secondary N) is 1. The van der Waals surface area contributed by atoms with Gasteiger partial charge in [-0.25, -0.2) is 0 Å². The van der Waals surface area contributed by atoms with E-state index in [4.69, 9.17) is 0 Å². The molecule has 18 heavy (non-hydrogen) atoms. The van der Waals surface area contributed by atoms with Crippen molar-refractivity contribution in [1.82, 2.24) is 5.32 Å². The molecular formula is C15H20BrNO. The number of aryl methyl sites for hydroxylation is 1. The van der Waals surface area contributed by atoms with Gasteiger partial charge in [0.05, 0.1) is 5.54 Å². The Hall–Kier alpha value is -0.830. The van der Waals surface area contributed by atoms with E-state index in [-0.39, 0.29) is 11.4 Å². The van der Waals surface area contributed by atoms with Crippen LogP contribution >= 0.6 is 15.9 Å². The Balaban J connectivity index is 2.16. The summed E-state index contributed by atoms with van der Waals surface area (Å²) in [5.41, 5.74) is 1.92. The number of amides is 1. The molecule has 98 valence electrons. The topological polar surface area (TPSA) is 29.1 Å². The Labute approximate surface area is 117 Å². The van der Waals surface area contributed by atoms with E-state index < -0.39 is 0 Å². The minimum Gasteiger partial charge on any atom is -0.346 e. The lowest BCUT2D eigenvalue weighted by molar-refractivity contribution is 0.0909. The molecule has 1 aromatic rings. The van der Waals surface area contributed by atoms with Crippen molar-refractivity contribution in [3.8, 4) is 0 Å². The smallest absolute Gasteiger partial charge is 0.252 e. The lowest BCUT2D eigenvalue weighted by atomic mass is 9.98. The summed E-state index contributed by atoms with van der Waals surface area (Å²) in [5.74, 6) is 0.0776. The summed E-state index contributed by atoms with van der Waals surface area (Å²) in [6.07, 6.45) is 5.48. The Bertz CT molecular complexity index is 424. The van der Waals surface area contributed by atoms with Crippen LogP contribution in [0, 0.1) is 0 Å². The standard InChI is InChI=1S/C15H20BrNO/c1-2-12-7-3-4-8-13(12)14(18)17-15(11-16)9-5-6-10-15/h3-4,7-8H,2,5-6,9-11H2,1H3,(H,17,18). The van der Waals surface area contributed by atoms with Gasteiger partial charge in [0.2, 0.25) is 0 Å². The summed E-state index contributed by atoms with van der Waals surface area (Å²) in [4.78, 5) is 12.4. The normalized spacial score (nSPS) is 17.7. The SMILES string of the molecule is CCc1ccccc1C(=O)NC1(CBr)CCCC1. The number of hydrogen-bond donors (Lipinski definition) is 1. The molecule has 2 nitrogen and oxygen atoms in total. The zero-order valence-electron chi connectivity index (χ0n) is 10.8. The molecule has 1 saturated carbocycles. The Kier molecular flexibility index (Phi) is 4.44. The van der Waals surface area contributed by atoms with Crippen molar-refractivity contribution in [2.45, 2.75) is 44.6 Å². The molecule has 1 aromatic carbocycles. The monoisotopic (exact) mass is 309 g/mol. The van der Waals surface area contributed by atoms with Crippen molar-refractivity contribution in [3.63, 3.8) is 0 Å². The van der Waals surface area contributed by atoms with Crippen LogP contribution in [0.3, 0.4) is 0 Å². The quantitative estimate of drug-likeness (QED) is 0.844. The largest absolute Gasteiger partial charge is 0.346 e. The molecule has 0 radical (unpaired) electrons. The molecule has 2 rings (SSSR count). The molecule has 0 bridgehead atoms. The number of rotatable bonds is 4. The zero-order chi connectivity index (χ0) is 13.0.